The van der Waals surface area contributed by atoms with Crippen molar-refractivity contribution in [2.24, 2.45) is 0 Å². The maximum absolute atomic E-state index is 6.63. The Hall–Kier alpha value is -12.0. The van der Waals surface area contributed by atoms with Gasteiger partial charge in [-0.25, -0.2) is 29.9 Å². The Morgan fingerprint density at radius 3 is 1.12 bits per heavy atom. The van der Waals surface area contributed by atoms with Gasteiger partial charge in [-0.3, -0.25) is 0 Å². The molecule has 11 nitrogen and oxygen atoms in total. The van der Waals surface area contributed by atoms with Crippen molar-refractivity contribution in [2.45, 2.75) is 38.9 Å². The largest absolute Gasteiger partial charge is 0.494 e. The molecule has 0 radical (unpaired) electrons. The van der Waals surface area contributed by atoms with E-state index in [0.29, 0.717) is 34.9 Å². The highest BCUT2D eigenvalue weighted by molar-refractivity contribution is 6.62. The molecule has 0 amide bonds. The van der Waals surface area contributed by atoms with Crippen molar-refractivity contribution in [1.29, 1.82) is 0 Å². The third-order valence-corrected chi connectivity index (χ3v) is 18.5. The first-order valence-corrected chi connectivity index (χ1v) is 32.2. The van der Waals surface area contributed by atoms with Crippen LogP contribution in [0, 0.1) is 0 Å². The van der Waals surface area contributed by atoms with Crippen LogP contribution in [0.1, 0.15) is 27.7 Å². The first-order valence-electron chi connectivity index (χ1n) is 32.2. The summed E-state index contributed by atoms with van der Waals surface area (Å²) < 4.78 is 31.7. The molecular weight excluding hydrogens is 1180 g/mol. The van der Waals surface area contributed by atoms with Crippen LogP contribution in [0.15, 0.2) is 298 Å². The smallest absolute Gasteiger partial charge is 0.456 e. The third-order valence-electron chi connectivity index (χ3n) is 18.5. The van der Waals surface area contributed by atoms with E-state index in [-0.39, 0.29) is 0 Å². The second kappa shape index (κ2) is 23.6. The summed E-state index contributed by atoms with van der Waals surface area (Å²) in [5, 5.41) is 6.25. The summed E-state index contributed by atoms with van der Waals surface area (Å²) in [5.41, 5.74) is 17.0. The molecular formula is C84H59BN6O5. The Kier molecular flexibility index (Phi) is 14.2. The van der Waals surface area contributed by atoms with Crippen molar-refractivity contribution in [3.05, 3.63) is 285 Å². The lowest BCUT2D eigenvalue weighted by molar-refractivity contribution is 0.00578. The Morgan fingerprint density at radius 2 is 0.604 bits per heavy atom. The minimum Gasteiger partial charge on any atom is -0.456 e. The monoisotopic (exact) mass is 1240 g/mol. The molecule has 12 heteroatoms. The van der Waals surface area contributed by atoms with Crippen molar-refractivity contribution >= 4 is 78.4 Å². The van der Waals surface area contributed by atoms with E-state index >= 15 is 0 Å². The number of hydrogen-bond acceptors (Lipinski definition) is 11. The van der Waals surface area contributed by atoms with Gasteiger partial charge >= 0.3 is 7.12 Å². The van der Waals surface area contributed by atoms with Gasteiger partial charge in [0.1, 0.15) is 33.5 Å². The molecule has 18 rings (SSSR count). The quantitative estimate of drug-likeness (QED) is 0.121. The molecule has 17 aromatic rings. The zero-order chi connectivity index (χ0) is 64.5. The molecule has 0 unspecified atom stereocenters. The number of fused-ring (bicyclic) bond motifs is 9. The molecule has 0 atom stereocenters. The van der Waals surface area contributed by atoms with Gasteiger partial charge in [0.05, 0.1) is 11.2 Å². The van der Waals surface area contributed by atoms with Crippen molar-refractivity contribution in [3.63, 3.8) is 0 Å². The molecule has 0 spiro atoms. The van der Waals surface area contributed by atoms with Gasteiger partial charge in [0.25, 0.3) is 0 Å². The Bertz CT molecular complexity index is 5810. The van der Waals surface area contributed by atoms with E-state index in [1.165, 1.54) is 0 Å². The fourth-order valence-electron chi connectivity index (χ4n) is 13.0. The minimum absolute atomic E-state index is 0.430. The van der Waals surface area contributed by atoms with E-state index in [1.807, 2.05) is 170 Å². The maximum atomic E-state index is 6.63. The lowest BCUT2D eigenvalue weighted by Crippen LogP contribution is -2.41. The summed E-state index contributed by atoms with van der Waals surface area (Å²) in [7, 11) is -0.481. The van der Waals surface area contributed by atoms with Crippen LogP contribution in [-0.4, -0.2) is 48.2 Å². The molecule has 0 bridgehead atoms. The first kappa shape index (κ1) is 57.9. The van der Waals surface area contributed by atoms with E-state index < -0.39 is 18.3 Å². The van der Waals surface area contributed by atoms with Crippen LogP contribution >= 0.6 is 0 Å². The normalized spacial score (nSPS) is 13.5. The molecule has 6 heterocycles. The van der Waals surface area contributed by atoms with Gasteiger partial charge < -0.3 is 22.6 Å². The lowest BCUT2D eigenvalue weighted by Gasteiger charge is -2.32. The Morgan fingerprint density at radius 1 is 0.250 bits per heavy atom. The fourth-order valence-corrected chi connectivity index (χ4v) is 13.0. The number of benzene rings is 12. The number of rotatable bonds is 10. The highest BCUT2D eigenvalue weighted by Gasteiger charge is 2.51. The second-order valence-electron chi connectivity index (χ2n) is 25.1. The SMILES string of the molecule is CC1(C)OB(c2cccc(-c3nc(-c4ccccc4)nc(-c4cccc5oc6ccccc6c45)n3)c2)OC1(C)C.c1ccc(-c2nc(-c3cccc(-c4cccc(-c5ccc(-c6ccccc6)c6c5oc5ccccc56)c4)c3)nc(-c3cccc4oc5ccccc5c34)n2)cc1. The number of aromatic nitrogens is 6. The highest BCUT2D eigenvalue weighted by atomic mass is 16.7. The van der Waals surface area contributed by atoms with E-state index in [1.54, 1.807) is 0 Å². The summed E-state index contributed by atoms with van der Waals surface area (Å²) in [5.74, 6) is 3.56. The van der Waals surface area contributed by atoms with Crippen molar-refractivity contribution in [1.82, 2.24) is 29.9 Å². The highest BCUT2D eigenvalue weighted by Crippen LogP contribution is 2.44. The van der Waals surface area contributed by atoms with Crippen LogP contribution < -0.4 is 5.46 Å². The van der Waals surface area contributed by atoms with E-state index in [2.05, 4.69) is 143 Å². The summed E-state index contributed by atoms with van der Waals surface area (Å²) in [6, 6.07) is 96.6. The van der Waals surface area contributed by atoms with Gasteiger partial charge in [0, 0.05) is 71.3 Å². The predicted octanol–water partition coefficient (Wildman–Crippen LogP) is 20.7. The molecule has 458 valence electrons. The third kappa shape index (κ3) is 10.5. The van der Waals surface area contributed by atoms with E-state index in [9.17, 15) is 0 Å². The van der Waals surface area contributed by atoms with Gasteiger partial charge in [-0.15, -0.1) is 0 Å². The topological polar surface area (TPSA) is 135 Å². The molecule has 1 saturated heterocycles. The number of para-hydroxylation sites is 3. The summed E-state index contributed by atoms with van der Waals surface area (Å²) in [6.45, 7) is 8.23. The number of hydrogen-bond donors (Lipinski definition) is 0. The zero-order valence-corrected chi connectivity index (χ0v) is 52.9. The molecule has 5 aromatic heterocycles. The van der Waals surface area contributed by atoms with Gasteiger partial charge in [0.15, 0.2) is 34.9 Å². The van der Waals surface area contributed by atoms with Crippen LogP contribution in [-0.2, 0) is 9.31 Å². The minimum atomic E-state index is -0.481. The molecule has 96 heavy (non-hydrogen) atoms. The van der Waals surface area contributed by atoms with Crippen molar-refractivity contribution < 1.29 is 22.6 Å². The van der Waals surface area contributed by atoms with Crippen molar-refractivity contribution in [3.8, 4) is 102 Å². The molecule has 1 aliphatic rings. The van der Waals surface area contributed by atoms with E-state index in [0.717, 1.165) is 138 Å². The molecule has 1 fully saturated rings. The summed E-state index contributed by atoms with van der Waals surface area (Å²) in [6.07, 6.45) is 0. The molecule has 12 aromatic carbocycles. The van der Waals surface area contributed by atoms with E-state index in [4.69, 9.17) is 52.5 Å². The fraction of sp³-hybridized carbons (Fsp3) is 0.0714. The maximum Gasteiger partial charge on any atom is 0.494 e. The zero-order valence-electron chi connectivity index (χ0n) is 52.9. The summed E-state index contributed by atoms with van der Waals surface area (Å²) in [4.78, 5) is 30.2. The van der Waals surface area contributed by atoms with Gasteiger partial charge in [-0.2, -0.15) is 0 Å². The van der Waals surface area contributed by atoms with Crippen LogP contribution in [0.2, 0.25) is 0 Å². The van der Waals surface area contributed by atoms with Gasteiger partial charge in [0.2, 0.25) is 0 Å². The standard InChI is InChI=1S/C51H31N3O2.C33H28BN3O3/c1-3-14-32(15-4-1)38-28-29-39(48-47(38)41-23-8-10-26-44(41)56-48)36-20-11-18-34(30-36)35-19-12-21-37(31-35)50-52-49(33-16-5-2-6-17-33)53-51(54-50)42-24-13-27-45-46(42)40-22-7-9-25-43(40)55-45;1-32(2)33(3,4)40-34(39-32)23-15-10-14-22(20-23)30-35-29(21-12-6-5-7-13-21)36-31(37-30)25-17-11-19-27-28(25)24-16-8-9-18-26(24)38-27/h1-31H;5-20H,1-4H3. The molecule has 0 aliphatic carbocycles. The summed E-state index contributed by atoms with van der Waals surface area (Å²) >= 11 is 0. The van der Waals surface area contributed by atoms with Gasteiger partial charge in [-0.05, 0) is 110 Å². The molecule has 1 aliphatic heterocycles. The average Bonchev–Trinajstić information content (AvgIpc) is 1.74. The van der Waals surface area contributed by atoms with Crippen LogP contribution in [0.4, 0.5) is 0 Å². The first-order chi connectivity index (χ1) is 47.0. The Balaban J connectivity index is 0.000000154. The Labute approximate surface area is 553 Å². The van der Waals surface area contributed by atoms with Gasteiger partial charge in [-0.1, -0.05) is 237 Å². The molecule has 0 saturated carbocycles. The number of nitrogens with zero attached hydrogens (tertiary/aromatic N) is 6. The van der Waals surface area contributed by atoms with Crippen LogP contribution in [0.25, 0.3) is 168 Å². The van der Waals surface area contributed by atoms with Crippen LogP contribution in [0.3, 0.4) is 0 Å². The average molecular weight is 1240 g/mol. The van der Waals surface area contributed by atoms with Crippen LogP contribution in [0.5, 0.6) is 0 Å². The second-order valence-corrected chi connectivity index (χ2v) is 25.1. The predicted molar refractivity (Wildman–Crippen MR) is 386 cm³/mol. The van der Waals surface area contributed by atoms with Crippen molar-refractivity contribution in [2.75, 3.05) is 0 Å². The molecule has 0 N–H and O–H groups in total. The lowest BCUT2D eigenvalue weighted by atomic mass is 9.78. The number of furan rings is 3.